The first-order valence-electron chi connectivity index (χ1n) is 7.41. The second kappa shape index (κ2) is 7.78. The second-order valence-corrected chi connectivity index (χ2v) is 5.27. The molecule has 132 valence electrons. The van der Waals surface area contributed by atoms with Crippen molar-refractivity contribution in [2.75, 3.05) is 13.1 Å². The zero-order valence-electron chi connectivity index (χ0n) is 13.4. The standard InChI is InChI=1S/C17H16F3N3O2/c1-11-13(7-8-14(23-11)12-5-3-2-4-6-12)16(25)21-9-15(24)22-10-17(18,19)20/h2-8H,9-10H2,1H3,(H,21,25)(H,22,24). The third-order valence-electron chi connectivity index (χ3n) is 3.30. The van der Waals surface area contributed by atoms with Crippen LogP contribution in [0.2, 0.25) is 0 Å². The molecular weight excluding hydrogens is 335 g/mol. The van der Waals surface area contributed by atoms with Crippen molar-refractivity contribution in [3.8, 4) is 11.3 Å². The summed E-state index contributed by atoms with van der Waals surface area (Å²) in [6.07, 6.45) is -4.49. The average Bonchev–Trinajstić information content (AvgIpc) is 2.58. The van der Waals surface area contributed by atoms with Crippen LogP contribution in [-0.2, 0) is 4.79 Å². The Kier molecular flexibility index (Phi) is 5.74. The van der Waals surface area contributed by atoms with Crippen LogP contribution in [-0.4, -0.2) is 36.1 Å². The summed E-state index contributed by atoms with van der Waals surface area (Å²) in [4.78, 5) is 27.7. The van der Waals surface area contributed by atoms with Crippen molar-refractivity contribution in [3.63, 3.8) is 0 Å². The fraction of sp³-hybridized carbons (Fsp3) is 0.235. The normalized spacial score (nSPS) is 11.0. The summed E-state index contributed by atoms with van der Waals surface area (Å²) < 4.78 is 36.0. The van der Waals surface area contributed by atoms with Crippen molar-refractivity contribution in [2.45, 2.75) is 13.1 Å². The molecule has 2 amide bonds. The number of alkyl halides is 3. The molecule has 0 bridgehead atoms. The van der Waals surface area contributed by atoms with Crippen LogP contribution in [0.1, 0.15) is 16.1 Å². The number of benzene rings is 1. The molecule has 25 heavy (non-hydrogen) atoms. The molecule has 1 heterocycles. The number of halogens is 3. The number of aryl methyl sites for hydroxylation is 1. The molecule has 0 unspecified atom stereocenters. The average molecular weight is 351 g/mol. The van der Waals surface area contributed by atoms with Gasteiger partial charge in [-0.15, -0.1) is 0 Å². The lowest BCUT2D eigenvalue weighted by molar-refractivity contribution is -0.137. The lowest BCUT2D eigenvalue weighted by Crippen LogP contribution is -2.41. The van der Waals surface area contributed by atoms with Crippen molar-refractivity contribution in [1.82, 2.24) is 15.6 Å². The van der Waals surface area contributed by atoms with Gasteiger partial charge in [0.25, 0.3) is 5.91 Å². The quantitative estimate of drug-likeness (QED) is 0.869. The van der Waals surface area contributed by atoms with Crippen LogP contribution in [0, 0.1) is 6.92 Å². The molecule has 0 spiro atoms. The van der Waals surface area contributed by atoms with Gasteiger partial charge in [-0.2, -0.15) is 13.2 Å². The van der Waals surface area contributed by atoms with Crippen molar-refractivity contribution in [1.29, 1.82) is 0 Å². The number of aromatic nitrogens is 1. The van der Waals surface area contributed by atoms with E-state index in [4.69, 9.17) is 0 Å². The molecule has 0 aliphatic heterocycles. The molecule has 1 aromatic heterocycles. The van der Waals surface area contributed by atoms with Crippen LogP contribution in [0.3, 0.4) is 0 Å². The number of hydrogen-bond donors (Lipinski definition) is 2. The Morgan fingerprint density at radius 2 is 1.72 bits per heavy atom. The van der Waals surface area contributed by atoms with Gasteiger partial charge in [0.1, 0.15) is 6.54 Å². The molecule has 8 heteroatoms. The second-order valence-electron chi connectivity index (χ2n) is 5.27. The number of carbonyl (C=O) groups is 2. The van der Waals surface area contributed by atoms with E-state index in [1.165, 1.54) is 0 Å². The Labute approximate surface area is 142 Å². The number of pyridine rings is 1. The molecule has 5 nitrogen and oxygen atoms in total. The molecule has 0 fully saturated rings. The van der Waals surface area contributed by atoms with E-state index in [2.05, 4.69) is 10.3 Å². The number of nitrogens with zero attached hydrogens (tertiary/aromatic N) is 1. The Balaban J connectivity index is 1.97. The first-order chi connectivity index (χ1) is 11.8. The maximum absolute atomic E-state index is 12.1. The zero-order valence-corrected chi connectivity index (χ0v) is 13.4. The van der Waals surface area contributed by atoms with Gasteiger partial charge in [0.15, 0.2) is 0 Å². The summed E-state index contributed by atoms with van der Waals surface area (Å²) in [5.41, 5.74) is 2.29. The van der Waals surface area contributed by atoms with Crippen molar-refractivity contribution >= 4 is 11.8 Å². The van der Waals surface area contributed by atoms with Crippen molar-refractivity contribution in [2.24, 2.45) is 0 Å². The molecule has 2 rings (SSSR count). The largest absolute Gasteiger partial charge is 0.405 e. The molecule has 0 aliphatic rings. The summed E-state index contributed by atoms with van der Waals surface area (Å²) in [7, 11) is 0. The van der Waals surface area contributed by atoms with E-state index in [1.807, 2.05) is 30.3 Å². The maximum Gasteiger partial charge on any atom is 0.405 e. The van der Waals surface area contributed by atoms with E-state index >= 15 is 0 Å². The van der Waals surface area contributed by atoms with E-state index in [0.717, 1.165) is 5.56 Å². The Morgan fingerprint density at radius 1 is 1.04 bits per heavy atom. The summed E-state index contributed by atoms with van der Waals surface area (Å²) in [6, 6.07) is 12.6. The highest BCUT2D eigenvalue weighted by molar-refractivity contribution is 5.97. The van der Waals surface area contributed by atoms with Gasteiger partial charge in [-0.1, -0.05) is 30.3 Å². The minimum absolute atomic E-state index is 0.253. The molecular formula is C17H16F3N3O2. The fourth-order valence-corrected chi connectivity index (χ4v) is 2.09. The number of nitrogens with one attached hydrogen (secondary N) is 2. The minimum Gasteiger partial charge on any atom is -0.345 e. The van der Waals surface area contributed by atoms with Crippen LogP contribution in [0.25, 0.3) is 11.3 Å². The number of hydrogen-bond acceptors (Lipinski definition) is 3. The van der Waals surface area contributed by atoms with Gasteiger partial charge in [-0.3, -0.25) is 14.6 Å². The first kappa shape index (κ1) is 18.4. The number of amides is 2. The van der Waals surface area contributed by atoms with Gasteiger partial charge in [-0.05, 0) is 19.1 Å². The lowest BCUT2D eigenvalue weighted by Gasteiger charge is -2.10. The van der Waals surface area contributed by atoms with Crippen molar-refractivity contribution < 1.29 is 22.8 Å². The smallest absolute Gasteiger partial charge is 0.345 e. The van der Waals surface area contributed by atoms with Gasteiger partial charge in [0, 0.05) is 5.56 Å². The van der Waals surface area contributed by atoms with E-state index in [-0.39, 0.29) is 5.56 Å². The molecule has 0 atom stereocenters. The summed E-state index contributed by atoms with van der Waals surface area (Å²) in [5.74, 6) is -1.50. The predicted molar refractivity (Wildman–Crippen MR) is 85.8 cm³/mol. The lowest BCUT2D eigenvalue weighted by atomic mass is 10.1. The summed E-state index contributed by atoms with van der Waals surface area (Å²) in [5, 5.41) is 3.96. The van der Waals surface area contributed by atoms with E-state index in [1.54, 1.807) is 24.4 Å². The number of carbonyl (C=O) groups excluding carboxylic acids is 2. The van der Waals surface area contributed by atoms with Gasteiger partial charge in [-0.25, -0.2) is 0 Å². The third-order valence-corrected chi connectivity index (χ3v) is 3.30. The SMILES string of the molecule is Cc1nc(-c2ccccc2)ccc1C(=O)NCC(=O)NCC(F)(F)F. The highest BCUT2D eigenvalue weighted by Crippen LogP contribution is 2.18. The first-order valence-corrected chi connectivity index (χ1v) is 7.41. The van der Waals surface area contributed by atoms with Crippen LogP contribution in [0.5, 0.6) is 0 Å². The number of rotatable bonds is 5. The van der Waals surface area contributed by atoms with E-state index < -0.39 is 31.1 Å². The third kappa shape index (κ3) is 5.59. The molecule has 2 N–H and O–H groups in total. The maximum atomic E-state index is 12.1. The van der Waals surface area contributed by atoms with Gasteiger partial charge >= 0.3 is 6.18 Å². The van der Waals surface area contributed by atoms with Gasteiger partial charge in [0.2, 0.25) is 5.91 Å². The molecule has 0 aliphatic carbocycles. The molecule has 1 aromatic carbocycles. The minimum atomic E-state index is -4.49. The Hall–Kier alpha value is -2.90. The van der Waals surface area contributed by atoms with E-state index in [0.29, 0.717) is 11.4 Å². The summed E-state index contributed by atoms with van der Waals surface area (Å²) in [6.45, 7) is -0.339. The van der Waals surface area contributed by atoms with Crippen LogP contribution >= 0.6 is 0 Å². The molecule has 0 radical (unpaired) electrons. The van der Waals surface area contributed by atoms with Crippen LogP contribution in [0.15, 0.2) is 42.5 Å². The zero-order chi connectivity index (χ0) is 18.4. The highest BCUT2D eigenvalue weighted by atomic mass is 19.4. The molecule has 2 aromatic rings. The van der Waals surface area contributed by atoms with Crippen molar-refractivity contribution in [3.05, 3.63) is 53.7 Å². The highest BCUT2D eigenvalue weighted by Gasteiger charge is 2.27. The topological polar surface area (TPSA) is 71.1 Å². The molecule has 0 saturated heterocycles. The Bertz CT molecular complexity index is 761. The predicted octanol–water partition coefficient (Wildman–Crippen LogP) is 2.47. The fourth-order valence-electron chi connectivity index (χ4n) is 2.09. The van der Waals surface area contributed by atoms with E-state index in [9.17, 15) is 22.8 Å². The van der Waals surface area contributed by atoms with Gasteiger partial charge < -0.3 is 10.6 Å². The molecule has 0 saturated carbocycles. The Morgan fingerprint density at radius 3 is 2.32 bits per heavy atom. The summed E-state index contributed by atoms with van der Waals surface area (Å²) >= 11 is 0. The van der Waals surface area contributed by atoms with Crippen LogP contribution in [0.4, 0.5) is 13.2 Å². The van der Waals surface area contributed by atoms with Crippen LogP contribution < -0.4 is 10.6 Å². The monoisotopic (exact) mass is 351 g/mol. The van der Waals surface area contributed by atoms with Gasteiger partial charge in [0.05, 0.1) is 23.5 Å².